The van der Waals surface area contributed by atoms with E-state index in [0.29, 0.717) is 43.1 Å². The Morgan fingerprint density at radius 1 is 1.10 bits per heavy atom. The van der Waals surface area contributed by atoms with Crippen molar-refractivity contribution >= 4 is 23.2 Å². The molecule has 3 heterocycles. The highest BCUT2D eigenvalue weighted by molar-refractivity contribution is 6.30. The quantitative estimate of drug-likeness (QED) is 0.495. The van der Waals surface area contributed by atoms with Crippen molar-refractivity contribution < 1.29 is 22.7 Å². The van der Waals surface area contributed by atoms with Crippen molar-refractivity contribution in [2.24, 2.45) is 5.73 Å². The van der Waals surface area contributed by atoms with Crippen LogP contribution in [0.25, 0.3) is 16.8 Å². The lowest BCUT2D eigenvalue weighted by molar-refractivity contribution is -0.140. The first-order valence-corrected chi connectivity index (χ1v) is 12.9. The van der Waals surface area contributed by atoms with Gasteiger partial charge in [0, 0.05) is 54.6 Å². The lowest BCUT2D eigenvalue weighted by Crippen LogP contribution is -2.49. The Morgan fingerprint density at radius 2 is 1.77 bits per heavy atom. The molecule has 2 aromatic carbocycles. The number of nitrogens with zero attached hydrogens (tertiary/aromatic N) is 5. The lowest BCUT2D eigenvalue weighted by atomic mass is 9.99. The molecule has 2 saturated heterocycles. The molecule has 0 bridgehead atoms. The molecule has 0 saturated carbocycles. The van der Waals surface area contributed by atoms with E-state index in [1.807, 2.05) is 4.90 Å². The zero-order chi connectivity index (χ0) is 27.7. The minimum absolute atomic E-state index is 0.00519. The van der Waals surface area contributed by atoms with E-state index in [1.54, 1.807) is 0 Å². The van der Waals surface area contributed by atoms with E-state index in [1.165, 1.54) is 42.6 Å². The highest BCUT2D eigenvalue weighted by atomic mass is 35.5. The summed E-state index contributed by atoms with van der Waals surface area (Å²) in [5.74, 6) is -0.800. The average Bonchev–Trinajstić information content (AvgIpc) is 3.39. The van der Waals surface area contributed by atoms with E-state index in [4.69, 9.17) is 22.1 Å². The molecule has 2 aliphatic rings. The van der Waals surface area contributed by atoms with E-state index in [0.717, 1.165) is 30.6 Å². The number of morpholine rings is 1. The number of rotatable bonds is 5. The second-order valence-electron chi connectivity index (χ2n) is 9.57. The molecule has 2 N–H and O–H groups in total. The number of hydrogen-bond donors (Lipinski definition) is 1. The van der Waals surface area contributed by atoms with Crippen molar-refractivity contribution in [1.29, 1.82) is 5.26 Å². The van der Waals surface area contributed by atoms with Crippen LogP contribution in [0, 0.1) is 11.3 Å². The number of halogens is 4. The number of piperidine rings is 1. The third kappa shape index (κ3) is 5.59. The van der Waals surface area contributed by atoms with Gasteiger partial charge in [-0.25, -0.2) is 4.68 Å². The molecule has 2 fully saturated rings. The lowest BCUT2D eigenvalue weighted by Gasteiger charge is -2.41. The summed E-state index contributed by atoms with van der Waals surface area (Å²) in [4.78, 5) is 16.5. The number of nitrogens with two attached hydrogens (primary N) is 1. The monoisotopic (exact) mass is 558 g/mol. The van der Waals surface area contributed by atoms with Crippen molar-refractivity contribution in [3.05, 3.63) is 64.4 Å². The fourth-order valence-electron chi connectivity index (χ4n) is 5.30. The first-order valence-electron chi connectivity index (χ1n) is 12.5. The van der Waals surface area contributed by atoms with Crippen LogP contribution in [0.3, 0.4) is 0 Å². The zero-order valence-electron chi connectivity index (χ0n) is 20.9. The summed E-state index contributed by atoms with van der Waals surface area (Å²) in [5.41, 5.74) is 5.30. The molecule has 5 rings (SSSR count). The maximum Gasteiger partial charge on any atom is 0.435 e. The van der Waals surface area contributed by atoms with Gasteiger partial charge in [-0.2, -0.15) is 23.5 Å². The van der Waals surface area contributed by atoms with Crippen LogP contribution in [0.15, 0.2) is 42.6 Å². The summed E-state index contributed by atoms with van der Waals surface area (Å²) >= 11 is 5.94. The average molecular weight is 559 g/mol. The largest absolute Gasteiger partial charge is 0.435 e. The molecule has 1 aromatic heterocycles. The van der Waals surface area contributed by atoms with E-state index in [9.17, 15) is 23.2 Å². The van der Waals surface area contributed by atoms with Gasteiger partial charge >= 0.3 is 6.18 Å². The standard InChI is InChI=1S/C27H26ClF3N6O2/c28-20-3-1-17(2-4-20)22-16-37(34-25(22)27(29,30)31)23-14-18(26(33)38)13-19(15-32)24(23)36-7-5-21(6-8-36)35-9-11-39-12-10-35/h1-4,13-14,16,21H,5-12H2,(H2,33,38). The van der Waals surface area contributed by atoms with Crippen LogP contribution in [0.4, 0.5) is 18.9 Å². The Hall–Kier alpha value is -3.59. The van der Waals surface area contributed by atoms with Gasteiger partial charge < -0.3 is 15.4 Å². The minimum Gasteiger partial charge on any atom is -0.379 e. The molecular weight excluding hydrogens is 533 g/mol. The molecular formula is C27H26ClF3N6O2. The van der Waals surface area contributed by atoms with Gasteiger partial charge in [0.2, 0.25) is 5.91 Å². The third-order valence-corrected chi connectivity index (χ3v) is 7.47. The number of primary amides is 1. The number of anilines is 1. The fraction of sp³-hybridized carbons (Fsp3) is 0.370. The maximum atomic E-state index is 14.1. The summed E-state index contributed by atoms with van der Waals surface area (Å²) in [6.07, 6.45) is -1.87. The van der Waals surface area contributed by atoms with Crippen molar-refractivity contribution in [2.45, 2.75) is 25.1 Å². The summed E-state index contributed by atoms with van der Waals surface area (Å²) in [7, 11) is 0. The van der Waals surface area contributed by atoms with E-state index < -0.39 is 17.8 Å². The normalized spacial score (nSPS) is 17.3. The van der Waals surface area contributed by atoms with Gasteiger partial charge in [-0.3, -0.25) is 9.69 Å². The number of carbonyl (C=O) groups excluding carboxylic acids is 1. The minimum atomic E-state index is -4.75. The second-order valence-corrected chi connectivity index (χ2v) is 10.0. The number of benzene rings is 2. The van der Waals surface area contributed by atoms with Crippen LogP contribution < -0.4 is 10.6 Å². The Morgan fingerprint density at radius 3 is 2.36 bits per heavy atom. The molecule has 3 aromatic rings. The van der Waals surface area contributed by atoms with E-state index in [-0.39, 0.29) is 27.9 Å². The first kappa shape index (κ1) is 27.0. The maximum absolute atomic E-state index is 14.1. The van der Waals surface area contributed by atoms with Gasteiger partial charge in [0.05, 0.1) is 30.2 Å². The van der Waals surface area contributed by atoms with Crippen LogP contribution in [-0.4, -0.2) is 66.0 Å². The van der Waals surface area contributed by atoms with Crippen LogP contribution in [0.2, 0.25) is 5.02 Å². The number of aromatic nitrogens is 2. The molecule has 1 amide bonds. The first-order chi connectivity index (χ1) is 18.7. The van der Waals surface area contributed by atoms with Crippen LogP contribution >= 0.6 is 11.6 Å². The molecule has 12 heteroatoms. The summed E-state index contributed by atoms with van der Waals surface area (Å²) in [6.45, 7) is 4.25. The molecule has 39 heavy (non-hydrogen) atoms. The van der Waals surface area contributed by atoms with Crippen LogP contribution in [0.5, 0.6) is 0 Å². The van der Waals surface area contributed by atoms with Gasteiger partial charge in [0.25, 0.3) is 0 Å². The number of alkyl halides is 3. The van der Waals surface area contributed by atoms with Gasteiger partial charge in [-0.05, 0) is 42.7 Å². The molecule has 8 nitrogen and oxygen atoms in total. The molecule has 0 unspecified atom stereocenters. The Bertz CT molecular complexity index is 1400. The predicted octanol–water partition coefficient (Wildman–Crippen LogP) is 4.48. The second kappa shape index (κ2) is 10.9. The van der Waals surface area contributed by atoms with Crippen LogP contribution in [-0.2, 0) is 10.9 Å². The SMILES string of the molecule is N#Cc1cc(C(N)=O)cc(-n2cc(-c3ccc(Cl)cc3)c(C(F)(F)F)n2)c1N1CCC(N2CCOCC2)CC1. The topological polar surface area (TPSA) is 100 Å². The van der Waals surface area contributed by atoms with Crippen LogP contribution in [0.1, 0.15) is 34.5 Å². The van der Waals surface area contributed by atoms with E-state index in [2.05, 4.69) is 16.1 Å². The highest BCUT2D eigenvalue weighted by Gasteiger charge is 2.38. The summed E-state index contributed by atoms with van der Waals surface area (Å²) in [5, 5.41) is 14.3. The predicted molar refractivity (Wildman–Crippen MR) is 140 cm³/mol. The number of nitriles is 1. The molecule has 0 aliphatic carbocycles. The summed E-state index contributed by atoms with van der Waals surface area (Å²) < 4.78 is 48.9. The fourth-order valence-corrected chi connectivity index (χ4v) is 5.42. The zero-order valence-corrected chi connectivity index (χ0v) is 21.7. The van der Waals surface area contributed by atoms with Crippen molar-refractivity contribution in [3.63, 3.8) is 0 Å². The molecule has 2 aliphatic heterocycles. The third-order valence-electron chi connectivity index (χ3n) is 7.22. The summed E-state index contributed by atoms with van der Waals surface area (Å²) in [6, 6.07) is 11.2. The highest BCUT2D eigenvalue weighted by Crippen LogP contribution is 2.39. The van der Waals surface area contributed by atoms with E-state index >= 15 is 0 Å². The Balaban J connectivity index is 1.59. The number of hydrogen-bond acceptors (Lipinski definition) is 6. The smallest absolute Gasteiger partial charge is 0.379 e. The van der Waals surface area contributed by atoms with Gasteiger partial charge in [-0.15, -0.1) is 0 Å². The van der Waals surface area contributed by atoms with Crippen molar-refractivity contribution in [1.82, 2.24) is 14.7 Å². The van der Waals surface area contributed by atoms with Gasteiger partial charge in [-0.1, -0.05) is 23.7 Å². The van der Waals surface area contributed by atoms with Gasteiger partial charge in [0.1, 0.15) is 6.07 Å². The number of ether oxygens (including phenoxy) is 1. The Labute approximate surface area is 228 Å². The Kier molecular flexibility index (Phi) is 7.53. The van der Waals surface area contributed by atoms with Crippen molar-refractivity contribution in [2.75, 3.05) is 44.3 Å². The van der Waals surface area contributed by atoms with Gasteiger partial charge in [0.15, 0.2) is 5.69 Å². The molecule has 0 spiro atoms. The van der Waals surface area contributed by atoms with Crippen molar-refractivity contribution in [3.8, 4) is 22.9 Å². The number of amides is 1. The molecule has 204 valence electrons. The number of carbonyl (C=O) groups is 1. The molecule has 0 atom stereocenters. The molecule has 0 radical (unpaired) electrons.